The largest absolute Gasteiger partial charge is 0.264 e. The fourth-order valence-electron chi connectivity index (χ4n) is 1.30. The van der Waals surface area contributed by atoms with E-state index in [2.05, 4.69) is 4.98 Å². The molecular formula is C10H8ClN. The lowest BCUT2D eigenvalue weighted by Gasteiger charge is -2.02. The minimum atomic E-state index is 0.814. The molecule has 0 saturated heterocycles. The Kier molecular flexibility index (Phi) is 1.74. The molecular weight excluding hydrogens is 170 g/mol. The fourth-order valence-corrected chi connectivity index (χ4v) is 1.46. The van der Waals surface area contributed by atoms with E-state index in [0.29, 0.717) is 0 Å². The quantitative estimate of drug-likeness (QED) is 0.602. The summed E-state index contributed by atoms with van der Waals surface area (Å²) < 4.78 is 0. The topological polar surface area (TPSA) is 12.9 Å². The first-order chi connectivity index (χ1) is 5.79. The van der Waals surface area contributed by atoms with Crippen LogP contribution >= 0.6 is 11.6 Å². The van der Waals surface area contributed by atoms with Crippen LogP contribution in [0.2, 0.25) is 5.02 Å². The number of hydrogen-bond donors (Lipinski definition) is 0. The van der Waals surface area contributed by atoms with Gasteiger partial charge in [0.1, 0.15) is 0 Å². The van der Waals surface area contributed by atoms with Crippen LogP contribution in [0.1, 0.15) is 5.56 Å². The minimum Gasteiger partial charge on any atom is -0.264 e. The SMILES string of the molecule is Cc1c(Cl)ccc2cnccc12. The summed E-state index contributed by atoms with van der Waals surface area (Å²) in [7, 11) is 0. The van der Waals surface area contributed by atoms with Crippen LogP contribution in [0, 0.1) is 6.92 Å². The zero-order chi connectivity index (χ0) is 8.55. The first kappa shape index (κ1) is 7.56. The van der Waals surface area contributed by atoms with Gasteiger partial charge in [-0.25, -0.2) is 0 Å². The van der Waals surface area contributed by atoms with E-state index >= 15 is 0 Å². The lowest BCUT2D eigenvalue weighted by molar-refractivity contribution is 1.35. The van der Waals surface area contributed by atoms with Crippen molar-refractivity contribution in [1.82, 2.24) is 4.98 Å². The van der Waals surface area contributed by atoms with Crippen LogP contribution in [0.3, 0.4) is 0 Å². The Morgan fingerprint density at radius 2 is 2.08 bits per heavy atom. The van der Waals surface area contributed by atoms with Crippen LogP contribution in [0.25, 0.3) is 10.8 Å². The number of pyridine rings is 1. The number of benzene rings is 1. The van der Waals surface area contributed by atoms with E-state index in [1.165, 1.54) is 5.39 Å². The normalized spacial score (nSPS) is 10.5. The molecule has 1 heterocycles. The molecule has 0 bridgehead atoms. The van der Waals surface area contributed by atoms with Crippen molar-refractivity contribution in [3.63, 3.8) is 0 Å². The van der Waals surface area contributed by atoms with Crippen LogP contribution in [0.15, 0.2) is 30.6 Å². The fraction of sp³-hybridized carbons (Fsp3) is 0.100. The van der Waals surface area contributed by atoms with Crippen LogP contribution in [-0.4, -0.2) is 4.98 Å². The second kappa shape index (κ2) is 2.76. The van der Waals surface area contributed by atoms with Crippen molar-refractivity contribution in [3.8, 4) is 0 Å². The molecule has 2 aromatic rings. The van der Waals surface area contributed by atoms with E-state index < -0.39 is 0 Å². The number of aromatic nitrogens is 1. The molecule has 0 spiro atoms. The average Bonchev–Trinajstić information content (AvgIpc) is 2.12. The highest BCUT2D eigenvalue weighted by Crippen LogP contribution is 2.23. The van der Waals surface area contributed by atoms with E-state index in [-0.39, 0.29) is 0 Å². The molecule has 0 aliphatic heterocycles. The van der Waals surface area contributed by atoms with Gasteiger partial charge in [0.2, 0.25) is 0 Å². The van der Waals surface area contributed by atoms with Crippen molar-refractivity contribution in [2.24, 2.45) is 0 Å². The van der Waals surface area contributed by atoms with Crippen molar-refractivity contribution < 1.29 is 0 Å². The Balaban J connectivity index is 2.91. The molecule has 1 aromatic carbocycles. The van der Waals surface area contributed by atoms with Gasteiger partial charge in [0.25, 0.3) is 0 Å². The summed E-state index contributed by atoms with van der Waals surface area (Å²) in [5.41, 5.74) is 1.12. The number of rotatable bonds is 0. The number of fused-ring (bicyclic) bond motifs is 1. The predicted molar refractivity (Wildman–Crippen MR) is 51.5 cm³/mol. The van der Waals surface area contributed by atoms with Gasteiger partial charge in [0.05, 0.1) is 0 Å². The molecule has 0 amide bonds. The summed E-state index contributed by atoms with van der Waals surface area (Å²) in [6, 6.07) is 5.87. The number of halogens is 1. The highest BCUT2D eigenvalue weighted by molar-refractivity contribution is 6.32. The maximum Gasteiger partial charge on any atom is 0.0441 e. The smallest absolute Gasteiger partial charge is 0.0441 e. The van der Waals surface area contributed by atoms with Crippen LogP contribution < -0.4 is 0 Å². The Bertz CT molecular complexity index is 423. The summed E-state index contributed by atoms with van der Waals surface area (Å²) in [6.45, 7) is 2.02. The van der Waals surface area contributed by atoms with E-state index in [9.17, 15) is 0 Å². The van der Waals surface area contributed by atoms with Gasteiger partial charge in [-0.3, -0.25) is 4.98 Å². The second-order valence-corrected chi connectivity index (χ2v) is 3.18. The lowest BCUT2D eigenvalue weighted by atomic mass is 10.1. The van der Waals surface area contributed by atoms with Gasteiger partial charge in [-0.15, -0.1) is 0 Å². The predicted octanol–water partition coefficient (Wildman–Crippen LogP) is 3.20. The summed E-state index contributed by atoms with van der Waals surface area (Å²) in [5, 5.41) is 3.13. The summed E-state index contributed by atoms with van der Waals surface area (Å²) in [5.74, 6) is 0. The molecule has 0 aliphatic rings. The van der Waals surface area contributed by atoms with Crippen molar-refractivity contribution in [3.05, 3.63) is 41.2 Å². The first-order valence-corrected chi connectivity index (χ1v) is 4.15. The third-order valence-electron chi connectivity index (χ3n) is 2.02. The molecule has 1 aromatic heterocycles. The monoisotopic (exact) mass is 177 g/mol. The van der Waals surface area contributed by atoms with Gasteiger partial charge >= 0.3 is 0 Å². The lowest BCUT2D eigenvalue weighted by Crippen LogP contribution is -1.80. The Hall–Kier alpha value is -1.08. The van der Waals surface area contributed by atoms with Crippen LogP contribution in [0.4, 0.5) is 0 Å². The molecule has 0 fully saturated rings. The number of aryl methyl sites for hydroxylation is 1. The molecule has 2 rings (SSSR count). The molecule has 0 radical (unpaired) electrons. The van der Waals surface area contributed by atoms with E-state index in [4.69, 9.17) is 11.6 Å². The molecule has 0 unspecified atom stereocenters. The molecule has 12 heavy (non-hydrogen) atoms. The van der Waals surface area contributed by atoms with Gasteiger partial charge in [0.15, 0.2) is 0 Å². The van der Waals surface area contributed by atoms with E-state index in [1.54, 1.807) is 6.20 Å². The van der Waals surface area contributed by atoms with Gasteiger partial charge in [0, 0.05) is 22.8 Å². The first-order valence-electron chi connectivity index (χ1n) is 3.78. The van der Waals surface area contributed by atoms with Crippen molar-refractivity contribution in [2.45, 2.75) is 6.92 Å². The maximum absolute atomic E-state index is 5.97. The molecule has 2 heteroatoms. The molecule has 0 aliphatic carbocycles. The minimum absolute atomic E-state index is 0.814. The van der Waals surface area contributed by atoms with Crippen molar-refractivity contribution in [1.29, 1.82) is 0 Å². The summed E-state index contributed by atoms with van der Waals surface area (Å²) in [6.07, 6.45) is 3.63. The highest BCUT2D eigenvalue weighted by atomic mass is 35.5. The number of nitrogens with zero attached hydrogens (tertiary/aromatic N) is 1. The average molecular weight is 178 g/mol. The van der Waals surface area contributed by atoms with Gasteiger partial charge < -0.3 is 0 Å². The van der Waals surface area contributed by atoms with Gasteiger partial charge in [-0.05, 0) is 30.0 Å². The van der Waals surface area contributed by atoms with Crippen molar-refractivity contribution >= 4 is 22.4 Å². The second-order valence-electron chi connectivity index (χ2n) is 2.77. The van der Waals surface area contributed by atoms with Crippen molar-refractivity contribution in [2.75, 3.05) is 0 Å². The van der Waals surface area contributed by atoms with E-state index in [1.807, 2.05) is 31.3 Å². The zero-order valence-corrected chi connectivity index (χ0v) is 7.47. The summed E-state index contributed by atoms with van der Waals surface area (Å²) >= 11 is 5.97. The highest BCUT2D eigenvalue weighted by Gasteiger charge is 1.99. The zero-order valence-electron chi connectivity index (χ0n) is 6.71. The van der Waals surface area contributed by atoms with Crippen LogP contribution in [0.5, 0.6) is 0 Å². The molecule has 0 N–H and O–H groups in total. The molecule has 1 nitrogen and oxygen atoms in total. The maximum atomic E-state index is 5.97. The molecule has 0 atom stereocenters. The van der Waals surface area contributed by atoms with Gasteiger partial charge in [-0.2, -0.15) is 0 Å². The van der Waals surface area contributed by atoms with Gasteiger partial charge in [-0.1, -0.05) is 17.7 Å². The number of hydrogen-bond acceptors (Lipinski definition) is 1. The Labute approximate surface area is 76.0 Å². The Morgan fingerprint density at radius 1 is 1.25 bits per heavy atom. The third-order valence-corrected chi connectivity index (χ3v) is 2.43. The Morgan fingerprint density at radius 3 is 2.92 bits per heavy atom. The third kappa shape index (κ3) is 1.07. The standard InChI is InChI=1S/C10H8ClN/c1-7-9-4-5-12-6-8(9)2-3-10(7)11/h2-6H,1H3. The summed E-state index contributed by atoms with van der Waals surface area (Å²) in [4.78, 5) is 4.04. The van der Waals surface area contributed by atoms with Crippen LogP contribution in [-0.2, 0) is 0 Å². The van der Waals surface area contributed by atoms with E-state index in [0.717, 1.165) is 16.0 Å². The molecule has 0 saturated carbocycles. The molecule has 60 valence electrons.